The smallest absolute Gasteiger partial charge is 0.252 e. The molecule has 2 fully saturated rings. The topological polar surface area (TPSA) is 65.5 Å². The van der Waals surface area contributed by atoms with E-state index in [2.05, 4.69) is 15.2 Å². The predicted molar refractivity (Wildman–Crippen MR) is 102 cm³/mol. The van der Waals surface area contributed by atoms with Gasteiger partial charge in [-0.3, -0.25) is 14.7 Å². The lowest BCUT2D eigenvalue weighted by Crippen LogP contribution is -2.52. The second-order valence-corrected chi connectivity index (χ2v) is 7.54. The maximum absolute atomic E-state index is 12.9. The van der Waals surface area contributed by atoms with Gasteiger partial charge in [0.05, 0.1) is 17.7 Å². The number of likely N-dealkylation sites (tertiary alicyclic amines) is 1. The number of fused-ring (bicyclic) bond motifs is 1. The Kier molecular flexibility index (Phi) is 5.18. The summed E-state index contributed by atoms with van der Waals surface area (Å²) in [5, 5.41) is 15.0. The first kappa shape index (κ1) is 17.4. The van der Waals surface area contributed by atoms with Gasteiger partial charge in [-0.25, -0.2) is 0 Å². The third-order valence-corrected chi connectivity index (χ3v) is 5.89. The van der Waals surface area contributed by atoms with Crippen molar-refractivity contribution in [3.8, 4) is 0 Å². The van der Waals surface area contributed by atoms with Crippen molar-refractivity contribution >= 4 is 16.8 Å². The molecule has 1 aromatic heterocycles. The Morgan fingerprint density at radius 1 is 1.08 bits per heavy atom. The van der Waals surface area contributed by atoms with Crippen molar-refractivity contribution in [3.05, 3.63) is 42.1 Å². The molecule has 1 aliphatic carbocycles. The molecule has 26 heavy (non-hydrogen) atoms. The number of rotatable bonds is 3. The number of aromatic nitrogens is 1. The summed E-state index contributed by atoms with van der Waals surface area (Å²) in [5.74, 6) is -0.116. The van der Waals surface area contributed by atoms with Crippen molar-refractivity contribution in [2.24, 2.45) is 0 Å². The molecule has 1 aliphatic heterocycles. The van der Waals surface area contributed by atoms with Gasteiger partial charge in [-0.15, -0.1) is 0 Å². The molecule has 0 radical (unpaired) electrons. The monoisotopic (exact) mass is 353 g/mol. The Hall–Kier alpha value is -1.98. The summed E-state index contributed by atoms with van der Waals surface area (Å²) in [5.41, 5.74) is 1.45. The van der Waals surface area contributed by atoms with E-state index >= 15 is 0 Å². The lowest BCUT2D eigenvalue weighted by molar-refractivity contribution is 0.0338. The number of carbonyl (C=O) groups is 1. The zero-order valence-electron chi connectivity index (χ0n) is 15.1. The number of aliphatic hydroxyl groups excluding tert-OH is 1. The highest BCUT2D eigenvalue weighted by molar-refractivity contribution is 6.06. The average Bonchev–Trinajstić information content (AvgIpc) is 3.14. The van der Waals surface area contributed by atoms with Crippen molar-refractivity contribution in [2.45, 2.75) is 56.7 Å². The van der Waals surface area contributed by atoms with E-state index in [1.807, 2.05) is 30.3 Å². The number of carbonyl (C=O) groups excluding carboxylic acids is 1. The Labute approximate surface area is 154 Å². The largest absolute Gasteiger partial charge is 0.389 e. The number of nitrogens with zero attached hydrogens (tertiary/aromatic N) is 2. The lowest BCUT2D eigenvalue weighted by atomic mass is 9.99. The second-order valence-electron chi connectivity index (χ2n) is 7.54. The first-order valence-corrected chi connectivity index (χ1v) is 9.81. The van der Waals surface area contributed by atoms with Crippen molar-refractivity contribution in [1.29, 1.82) is 0 Å². The van der Waals surface area contributed by atoms with E-state index in [9.17, 15) is 9.90 Å². The number of amides is 1. The molecule has 0 unspecified atom stereocenters. The molecule has 3 atom stereocenters. The fourth-order valence-electron chi connectivity index (χ4n) is 4.50. The summed E-state index contributed by atoms with van der Waals surface area (Å²) < 4.78 is 0. The highest BCUT2D eigenvalue weighted by Crippen LogP contribution is 2.26. The molecular formula is C21H27N3O2. The predicted octanol–water partition coefficient (Wildman–Crippen LogP) is 2.73. The van der Waals surface area contributed by atoms with Gasteiger partial charge in [0.25, 0.3) is 5.91 Å². The van der Waals surface area contributed by atoms with E-state index < -0.39 is 6.10 Å². The maximum Gasteiger partial charge on any atom is 0.252 e. The fraction of sp³-hybridized carbons (Fsp3) is 0.524. The van der Waals surface area contributed by atoms with Crippen LogP contribution in [0.4, 0.5) is 0 Å². The third-order valence-electron chi connectivity index (χ3n) is 5.89. The summed E-state index contributed by atoms with van der Waals surface area (Å²) in [6.07, 6.45) is 7.66. The van der Waals surface area contributed by atoms with E-state index in [1.165, 1.54) is 12.8 Å². The fourth-order valence-corrected chi connectivity index (χ4v) is 4.50. The highest BCUT2D eigenvalue weighted by Gasteiger charge is 2.35. The molecule has 1 saturated carbocycles. The van der Waals surface area contributed by atoms with Crippen LogP contribution in [0.15, 0.2) is 36.5 Å². The Balaban J connectivity index is 1.53. The number of hydrogen-bond acceptors (Lipinski definition) is 4. The summed E-state index contributed by atoms with van der Waals surface area (Å²) >= 11 is 0. The van der Waals surface area contributed by atoms with Gasteiger partial charge in [0.15, 0.2) is 0 Å². The normalized spacial score (nSPS) is 27.3. The Morgan fingerprint density at radius 3 is 2.73 bits per heavy atom. The standard InChI is InChI=1S/C21H27N3O2/c25-20-18(9-1-2-11-19(20)24-13-3-4-14-24)23-21(26)16-7-5-10-17-15(16)8-6-12-22-17/h5-8,10,12,18-20,25H,1-4,9,11,13-14H2,(H,23,26)/t18-,19-,20-/m1/s1. The molecule has 5 nitrogen and oxygen atoms in total. The van der Waals surface area contributed by atoms with E-state index in [4.69, 9.17) is 0 Å². The van der Waals surface area contributed by atoms with Crippen LogP contribution in [0.25, 0.3) is 10.9 Å². The van der Waals surface area contributed by atoms with Gasteiger partial charge >= 0.3 is 0 Å². The molecule has 1 amide bonds. The molecule has 138 valence electrons. The molecule has 1 aromatic carbocycles. The van der Waals surface area contributed by atoms with Crippen LogP contribution in [0, 0.1) is 0 Å². The molecule has 2 heterocycles. The molecule has 1 saturated heterocycles. The molecule has 0 bridgehead atoms. The van der Waals surface area contributed by atoms with Gasteiger partial charge in [-0.1, -0.05) is 25.0 Å². The van der Waals surface area contributed by atoms with Crippen molar-refractivity contribution in [1.82, 2.24) is 15.2 Å². The van der Waals surface area contributed by atoms with Gasteiger partial charge in [-0.05, 0) is 57.0 Å². The van der Waals surface area contributed by atoms with Gasteiger partial charge in [-0.2, -0.15) is 0 Å². The molecule has 5 heteroatoms. The third kappa shape index (κ3) is 3.46. The van der Waals surface area contributed by atoms with Crippen molar-refractivity contribution in [3.63, 3.8) is 0 Å². The van der Waals surface area contributed by atoms with Gasteiger partial charge in [0.1, 0.15) is 0 Å². The van der Waals surface area contributed by atoms with Crippen LogP contribution >= 0.6 is 0 Å². The SMILES string of the molecule is O=C(N[C@@H]1CCCC[C@@H](N2CCCC2)[C@@H]1O)c1cccc2ncccc12. The van der Waals surface area contributed by atoms with Crippen LogP contribution in [0.3, 0.4) is 0 Å². The van der Waals surface area contributed by atoms with Gasteiger partial charge in [0.2, 0.25) is 0 Å². The highest BCUT2D eigenvalue weighted by atomic mass is 16.3. The number of aliphatic hydroxyl groups is 1. The minimum Gasteiger partial charge on any atom is -0.389 e. The summed E-state index contributed by atoms with van der Waals surface area (Å²) in [4.78, 5) is 19.7. The first-order chi connectivity index (χ1) is 12.7. The van der Waals surface area contributed by atoms with Crippen LogP contribution in [0.5, 0.6) is 0 Å². The quantitative estimate of drug-likeness (QED) is 0.833. The molecule has 2 aliphatic rings. The lowest BCUT2D eigenvalue weighted by Gasteiger charge is -2.34. The van der Waals surface area contributed by atoms with Crippen LogP contribution < -0.4 is 5.32 Å². The molecule has 4 rings (SSSR count). The minimum atomic E-state index is -0.507. The zero-order valence-corrected chi connectivity index (χ0v) is 15.1. The molecule has 0 spiro atoms. The van der Waals surface area contributed by atoms with Crippen LogP contribution in [0.1, 0.15) is 48.9 Å². The Morgan fingerprint density at radius 2 is 1.88 bits per heavy atom. The summed E-state index contributed by atoms with van der Waals surface area (Å²) in [7, 11) is 0. The number of benzene rings is 1. The molecular weight excluding hydrogens is 326 g/mol. The van der Waals surface area contributed by atoms with Crippen molar-refractivity contribution < 1.29 is 9.90 Å². The van der Waals surface area contributed by atoms with Crippen molar-refractivity contribution in [2.75, 3.05) is 13.1 Å². The van der Waals surface area contributed by atoms with E-state index in [1.54, 1.807) is 6.20 Å². The number of nitrogens with one attached hydrogen (secondary N) is 1. The molecule has 2 N–H and O–H groups in total. The van der Waals surface area contributed by atoms with Gasteiger partial charge < -0.3 is 10.4 Å². The van der Waals surface area contributed by atoms with E-state index in [-0.39, 0.29) is 18.0 Å². The molecule has 2 aromatic rings. The zero-order chi connectivity index (χ0) is 17.9. The Bertz CT molecular complexity index is 767. The number of pyridine rings is 1. The number of hydrogen-bond donors (Lipinski definition) is 2. The summed E-state index contributed by atoms with van der Waals surface area (Å²) in [6.45, 7) is 2.13. The van der Waals surface area contributed by atoms with Crippen LogP contribution in [-0.4, -0.2) is 52.2 Å². The first-order valence-electron chi connectivity index (χ1n) is 9.81. The van der Waals surface area contributed by atoms with Crippen LogP contribution in [-0.2, 0) is 0 Å². The summed E-state index contributed by atoms with van der Waals surface area (Å²) in [6, 6.07) is 9.36. The average molecular weight is 353 g/mol. The van der Waals surface area contributed by atoms with E-state index in [0.717, 1.165) is 49.7 Å². The van der Waals surface area contributed by atoms with Gasteiger partial charge in [0, 0.05) is 23.2 Å². The maximum atomic E-state index is 12.9. The van der Waals surface area contributed by atoms with E-state index in [0.29, 0.717) is 5.56 Å². The van der Waals surface area contributed by atoms with Crippen LogP contribution in [0.2, 0.25) is 0 Å². The minimum absolute atomic E-state index is 0.116. The second kappa shape index (κ2) is 7.72.